The van der Waals surface area contributed by atoms with Crippen LogP contribution < -0.4 is 5.32 Å². The minimum absolute atomic E-state index is 0.325. The molecule has 0 atom stereocenters. The Morgan fingerprint density at radius 2 is 1.82 bits per heavy atom. The van der Waals surface area contributed by atoms with Crippen molar-refractivity contribution in [1.82, 2.24) is 14.8 Å². The van der Waals surface area contributed by atoms with Crippen LogP contribution in [0.4, 0.5) is 10.2 Å². The molecule has 0 saturated carbocycles. The molecule has 1 amide bonds. The first-order chi connectivity index (χ1) is 10.7. The number of carbonyl (C=O) groups is 1. The number of amides is 1. The highest BCUT2D eigenvalue weighted by Crippen LogP contribution is 2.09. The van der Waals surface area contributed by atoms with Gasteiger partial charge in [-0.2, -0.15) is 5.10 Å². The van der Waals surface area contributed by atoms with Gasteiger partial charge in [-0.05, 0) is 42.0 Å². The van der Waals surface area contributed by atoms with E-state index in [-0.39, 0.29) is 11.7 Å². The van der Waals surface area contributed by atoms with Crippen LogP contribution in [0.2, 0.25) is 0 Å². The highest BCUT2D eigenvalue weighted by molar-refractivity contribution is 6.03. The lowest BCUT2D eigenvalue weighted by Crippen LogP contribution is -2.12. The van der Waals surface area contributed by atoms with Crippen molar-refractivity contribution in [2.75, 3.05) is 5.32 Å². The van der Waals surface area contributed by atoms with Crippen LogP contribution in [0.25, 0.3) is 0 Å². The van der Waals surface area contributed by atoms with E-state index in [1.165, 1.54) is 24.3 Å². The number of aromatic nitrogens is 3. The minimum atomic E-state index is -0.377. The Morgan fingerprint density at radius 3 is 2.55 bits per heavy atom. The minimum Gasteiger partial charge on any atom is -0.305 e. The van der Waals surface area contributed by atoms with Crippen LogP contribution in [-0.4, -0.2) is 20.7 Å². The van der Waals surface area contributed by atoms with Crippen LogP contribution in [0.3, 0.4) is 0 Å². The van der Waals surface area contributed by atoms with Crippen molar-refractivity contribution in [3.63, 3.8) is 0 Å². The smallest absolute Gasteiger partial charge is 0.256 e. The summed E-state index contributed by atoms with van der Waals surface area (Å²) >= 11 is 0. The number of benzene rings is 1. The molecule has 5 nitrogen and oxygen atoms in total. The Morgan fingerprint density at radius 1 is 1.09 bits per heavy atom. The van der Waals surface area contributed by atoms with Gasteiger partial charge in [0.25, 0.3) is 5.91 Å². The third-order valence-electron chi connectivity index (χ3n) is 3.08. The molecule has 0 fully saturated rings. The predicted molar refractivity (Wildman–Crippen MR) is 79.9 cm³/mol. The number of pyridine rings is 1. The van der Waals surface area contributed by atoms with Crippen molar-refractivity contribution in [2.45, 2.75) is 6.54 Å². The fourth-order valence-corrected chi connectivity index (χ4v) is 1.98. The van der Waals surface area contributed by atoms with Crippen molar-refractivity contribution in [2.24, 2.45) is 0 Å². The third kappa shape index (κ3) is 3.35. The molecule has 0 aliphatic rings. The molecule has 0 spiro atoms. The van der Waals surface area contributed by atoms with E-state index < -0.39 is 0 Å². The maximum absolute atomic E-state index is 12.8. The molecule has 0 bridgehead atoms. The van der Waals surface area contributed by atoms with Crippen LogP contribution in [0.15, 0.2) is 61.1 Å². The molecular weight excluding hydrogens is 283 g/mol. The lowest BCUT2D eigenvalue weighted by molar-refractivity contribution is 0.102. The van der Waals surface area contributed by atoms with Crippen molar-refractivity contribution < 1.29 is 9.18 Å². The Bertz CT molecular complexity index is 768. The quantitative estimate of drug-likeness (QED) is 0.805. The summed E-state index contributed by atoms with van der Waals surface area (Å²) in [6.07, 6.45) is 5.22. The zero-order chi connectivity index (χ0) is 15.4. The molecule has 1 aromatic carbocycles. The fraction of sp³-hybridized carbons (Fsp3) is 0.0625. The number of hydrogen-bond donors (Lipinski definition) is 1. The molecule has 0 saturated heterocycles. The summed E-state index contributed by atoms with van der Waals surface area (Å²) in [5, 5.41) is 6.96. The third-order valence-corrected chi connectivity index (χ3v) is 3.08. The monoisotopic (exact) mass is 296 g/mol. The van der Waals surface area contributed by atoms with Crippen LogP contribution >= 0.6 is 0 Å². The highest BCUT2D eigenvalue weighted by atomic mass is 19.1. The summed E-state index contributed by atoms with van der Waals surface area (Å²) in [4.78, 5) is 16.0. The number of hydrogen-bond acceptors (Lipinski definition) is 3. The average molecular weight is 296 g/mol. The van der Waals surface area contributed by atoms with Gasteiger partial charge >= 0.3 is 0 Å². The summed E-state index contributed by atoms with van der Waals surface area (Å²) in [5.74, 6) is -0.254. The molecule has 3 rings (SSSR count). The van der Waals surface area contributed by atoms with Gasteiger partial charge in [-0.15, -0.1) is 0 Å². The zero-order valence-corrected chi connectivity index (χ0v) is 11.6. The van der Waals surface area contributed by atoms with Crippen LogP contribution in [0.5, 0.6) is 0 Å². The molecule has 0 aliphatic heterocycles. The second-order valence-electron chi connectivity index (χ2n) is 4.72. The van der Waals surface area contributed by atoms with E-state index in [9.17, 15) is 9.18 Å². The lowest BCUT2D eigenvalue weighted by Gasteiger charge is -2.03. The van der Waals surface area contributed by atoms with Gasteiger partial charge in [0.15, 0.2) is 5.82 Å². The van der Waals surface area contributed by atoms with Crippen molar-refractivity contribution in [3.8, 4) is 0 Å². The Hall–Kier alpha value is -3.02. The van der Waals surface area contributed by atoms with Gasteiger partial charge < -0.3 is 5.32 Å². The highest BCUT2D eigenvalue weighted by Gasteiger charge is 2.08. The summed E-state index contributed by atoms with van der Waals surface area (Å²) in [6, 6.07) is 10.9. The first-order valence-corrected chi connectivity index (χ1v) is 6.70. The van der Waals surface area contributed by atoms with E-state index in [1.807, 2.05) is 12.1 Å². The molecule has 0 aliphatic carbocycles. The maximum atomic E-state index is 12.8. The molecule has 3 aromatic rings. The van der Waals surface area contributed by atoms with Gasteiger partial charge in [-0.25, -0.2) is 4.39 Å². The molecule has 22 heavy (non-hydrogen) atoms. The first-order valence-electron chi connectivity index (χ1n) is 6.70. The molecule has 2 heterocycles. The second kappa shape index (κ2) is 6.17. The van der Waals surface area contributed by atoms with E-state index in [2.05, 4.69) is 15.4 Å². The predicted octanol–water partition coefficient (Wildman–Crippen LogP) is 2.72. The van der Waals surface area contributed by atoms with Crippen LogP contribution in [0.1, 0.15) is 15.9 Å². The average Bonchev–Trinajstić information content (AvgIpc) is 2.96. The van der Waals surface area contributed by atoms with Crippen LogP contribution in [-0.2, 0) is 6.54 Å². The van der Waals surface area contributed by atoms with Gasteiger partial charge in [-0.3, -0.25) is 14.5 Å². The van der Waals surface area contributed by atoms with E-state index in [4.69, 9.17) is 0 Å². The first kappa shape index (κ1) is 13.9. The summed E-state index contributed by atoms with van der Waals surface area (Å²) in [5.41, 5.74) is 1.44. The molecule has 110 valence electrons. The lowest BCUT2D eigenvalue weighted by atomic mass is 10.2. The van der Waals surface area contributed by atoms with E-state index in [0.717, 1.165) is 5.56 Å². The topological polar surface area (TPSA) is 59.8 Å². The molecule has 2 aromatic heterocycles. The number of carbonyl (C=O) groups excluding carboxylic acids is 1. The SMILES string of the molecule is O=C(Nc1ccn(Cc2ccncc2)n1)c1ccc(F)cc1. The van der Waals surface area contributed by atoms with E-state index >= 15 is 0 Å². The van der Waals surface area contributed by atoms with Gasteiger partial charge in [-0.1, -0.05) is 0 Å². The number of anilines is 1. The number of rotatable bonds is 4. The normalized spacial score (nSPS) is 10.4. The number of halogens is 1. The molecule has 0 unspecified atom stereocenters. The maximum Gasteiger partial charge on any atom is 0.256 e. The van der Waals surface area contributed by atoms with Crippen LogP contribution in [0, 0.1) is 5.82 Å². The number of nitrogens with one attached hydrogen (secondary N) is 1. The van der Waals surface area contributed by atoms with Crippen molar-refractivity contribution in [3.05, 3.63) is 78.0 Å². The van der Waals surface area contributed by atoms with E-state index in [1.54, 1.807) is 29.3 Å². The van der Waals surface area contributed by atoms with Gasteiger partial charge in [0.2, 0.25) is 0 Å². The standard InChI is InChI=1S/C16H13FN4O/c17-14-3-1-13(2-4-14)16(22)19-15-7-10-21(20-15)11-12-5-8-18-9-6-12/h1-10H,11H2,(H,19,20,22). The summed E-state index contributed by atoms with van der Waals surface area (Å²) in [7, 11) is 0. The molecule has 6 heteroatoms. The zero-order valence-electron chi connectivity index (χ0n) is 11.6. The fourth-order valence-electron chi connectivity index (χ4n) is 1.98. The van der Waals surface area contributed by atoms with Gasteiger partial charge in [0.1, 0.15) is 5.82 Å². The van der Waals surface area contributed by atoms with Crippen molar-refractivity contribution in [1.29, 1.82) is 0 Å². The Balaban J connectivity index is 1.66. The van der Waals surface area contributed by atoms with Crippen molar-refractivity contribution >= 4 is 11.7 Å². The number of nitrogens with zero attached hydrogens (tertiary/aromatic N) is 3. The van der Waals surface area contributed by atoms with Gasteiger partial charge in [0, 0.05) is 30.2 Å². The molecular formula is C16H13FN4O. The van der Waals surface area contributed by atoms with Gasteiger partial charge in [0.05, 0.1) is 6.54 Å². The summed E-state index contributed by atoms with van der Waals surface area (Å²) in [6.45, 7) is 0.592. The second-order valence-corrected chi connectivity index (χ2v) is 4.72. The van der Waals surface area contributed by atoms with E-state index in [0.29, 0.717) is 17.9 Å². The largest absolute Gasteiger partial charge is 0.305 e. The molecule has 1 N–H and O–H groups in total. The summed E-state index contributed by atoms with van der Waals surface area (Å²) < 4.78 is 14.6. The Kier molecular flexibility index (Phi) is 3.91. The Labute approximate surface area is 126 Å². The molecule has 0 radical (unpaired) electrons.